The zero-order valence-electron chi connectivity index (χ0n) is 9.75. The smallest absolute Gasteiger partial charge is 0.314 e. The Hall–Kier alpha value is -2.27. The molecule has 6 heteroatoms. The predicted octanol–water partition coefficient (Wildman–Crippen LogP) is 3.53. The van der Waals surface area contributed by atoms with Crippen LogP contribution in [-0.2, 0) is 6.61 Å². The molecule has 0 unspecified atom stereocenters. The third-order valence-corrected chi connectivity index (χ3v) is 2.76. The number of phenols is 1. The van der Waals surface area contributed by atoms with Crippen molar-refractivity contribution in [2.75, 3.05) is 0 Å². The van der Waals surface area contributed by atoms with Crippen LogP contribution in [0.3, 0.4) is 0 Å². The summed E-state index contributed by atoms with van der Waals surface area (Å²) < 4.78 is 5.42. The van der Waals surface area contributed by atoms with E-state index in [9.17, 15) is 15.2 Å². The van der Waals surface area contributed by atoms with Gasteiger partial charge in [0.1, 0.15) is 12.4 Å². The summed E-state index contributed by atoms with van der Waals surface area (Å²) in [4.78, 5) is 10.0. The van der Waals surface area contributed by atoms with Crippen molar-refractivity contribution in [2.45, 2.75) is 6.61 Å². The van der Waals surface area contributed by atoms with Crippen molar-refractivity contribution >= 4 is 17.3 Å². The molecule has 0 saturated carbocycles. The summed E-state index contributed by atoms with van der Waals surface area (Å²) in [6.45, 7) is 0.239. The molecular weight excluding hydrogens is 270 g/mol. The Balaban J connectivity index is 2.21. The molecule has 19 heavy (non-hydrogen) atoms. The van der Waals surface area contributed by atoms with Gasteiger partial charge in [-0.1, -0.05) is 41.9 Å². The minimum atomic E-state index is -0.693. The standard InChI is InChI=1S/C13H10ClNO4/c14-10-6-12(16)11(15(17)18)7-13(10)19-8-9-4-2-1-3-5-9/h1-7,16H,8H2. The summed E-state index contributed by atoms with van der Waals surface area (Å²) in [6.07, 6.45) is 0. The number of phenolic OH excluding ortho intramolecular Hbond substituents is 1. The SMILES string of the molecule is O=[N+]([O-])c1cc(OCc2ccccc2)c(Cl)cc1O. The second kappa shape index (κ2) is 5.58. The van der Waals surface area contributed by atoms with Gasteiger partial charge in [0.2, 0.25) is 0 Å². The Morgan fingerprint density at radius 2 is 1.95 bits per heavy atom. The number of nitrogens with zero attached hydrogens (tertiary/aromatic N) is 1. The fourth-order valence-electron chi connectivity index (χ4n) is 1.52. The molecule has 0 bridgehead atoms. The maximum Gasteiger partial charge on any atom is 0.314 e. The van der Waals surface area contributed by atoms with Crippen LogP contribution in [-0.4, -0.2) is 10.0 Å². The van der Waals surface area contributed by atoms with Crippen LogP contribution in [0.25, 0.3) is 0 Å². The predicted molar refractivity (Wildman–Crippen MR) is 70.5 cm³/mol. The fourth-order valence-corrected chi connectivity index (χ4v) is 1.74. The first-order chi connectivity index (χ1) is 9.08. The zero-order valence-corrected chi connectivity index (χ0v) is 10.5. The number of halogens is 1. The average molecular weight is 280 g/mol. The molecule has 0 radical (unpaired) electrons. The van der Waals surface area contributed by atoms with Gasteiger partial charge in [-0.3, -0.25) is 10.1 Å². The molecule has 0 fully saturated rings. The van der Waals surface area contributed by atoms with Gasteiger partial charge < -0.3 is 9.84 Å². The molecule has 98 valence electrons. The molecule has 5 nitrogen and oxygen atoms in total. The van der Waals surface area contributed by atoms with Gasteiger partial charge in [-0.15, -0.1) is 0 Å². The molecule has 0 aliphatic rings. The van der Waals surface area contributed by atoms with Gasteiger partial charge in [0.05, 0.1) is 16.0 Å². The normalized spacial score (nSPS) is 10.2. The number of rotatable bonds is 4. The van der Waals surface area contributed by atoms with Gasteiger partial charge in [-0.25, -0.2) is 0 Å². The van der Waals surface area contributed by atoms with E-state index < -0.39 is 16.4 Å². The van der Waals surface area contributed by atoms with Gasteiger partial charge in [-0.05, 0) is 5.56 Å². The molecule has 0 saturated heterocycles. The van der Waals surface area contributed by atoms with Crippen LogP contribution >= 0.6 is 11.6 Å². The summed E-state index contributed by atoms with van der Waals surface area (Å²) in [5.74, 6) is -0.322. The summed E-state index contributed by atoms with van der Waals surface area (Å²) in [7, 11) is 0. The molecule has 2 aromatic rings. The molecule has 1 N–H and O–H groups in total. The van der Waals surface area contributed by atoms with Crippen molar-refractivity contribution in [2.24, 2.45) is 0 Å². The number of aromatic hydroxyl groups is 1. The van der Waals surface area contributed by atoms with Crippen LogP contribution in [0.5, 0.6) is 11.5 Å². The first kappa shape index (κ1) is 13.2. The highest BCUT2D eigenvalue weighted by molar-refractivity contribution is 6.32. The maximum atomic E-state index is 10.7. The molecule has 0 aliphatic carbocycles. The lowest BCUT2D eigenvalue weighted by Crippen LogP contribution is -1.97. The lowest BCUT2D eigenvalue weighted by Gasteiger charge is -2.08. The minimum absolute atomic E-state index is 0.124. The highest BCUT2D eigenvalue weighted by Gasteiger charge is 2.17. The summed E-state index contributed by atoms with van der Waals surface area (Å²) in [6, 6.07) is 11.5. The zero-order chi connectivity index (χ0) is 13.8. The molecular formula is C13H10ClNO4. The second-order valence-corrected chi connectivity index (χ2v) is 4.21. The number of ether oxygens (including phenoxy) is 1. The minimum Gasteiger partial charge on any atom is -0.502 e. The number of hydrogen-bond acceptors (Lipinski definition) is 4. The third-order valence-electron chi connectivity index (χ3n) is 2.46. The van der Waals surface area contributed by atoms with E-state index in [4.69, 9.17) is 16.3 Å². The monoisotopic (exact) mass is 279 g/mol. The Bertz CT molecular complexity index is 601. The van der Waals surface area contributed by atoms with Crippen molar-refractivity contribution in [3.8, 4) is 11.5 Å². The Morgan fingerprint density at radius 3 is 2.58 bits per heavy atom. The lowest BCUT2D eigenvalue weighted by atomic mass is 10.2. The van der Waals surface area contributed by atoms with Crippen molar-refractivity contribution in [1.29, 1.82) is 0 Å². The summed E-state index contributed by atoms with van der Waals surface area (Å²) in [5, 5.41) is 20.2. The van der Waals surface area contributed by atoms with Crippen molar-refractivity contribution in [3.05, 3.63) is 63.2 Å². The van der Waals surface area contributed by atoms with Crippen molar-refractivity contribution in [3.63, 3.8) is 0 Å². The first-order valence-electron chi connectivity index (χ1n) is 5.41. The number of nitro groups is 1. The number of nitro benzene ring substituents is 1. The Kier molecular flexibility index (Phi) is 3.87. The third kappa shape index (κ3) is 3.14. The van der Waals surface area contributed by atoms with Crippen LogP contribution in [0.2, 0.25) is 5.02 Å². The van der Waals surface area contributed by atoms with Gasteiger partial charge in [0.15, 0.2) is 5.75 Å². The van der Waals surface area contributed by atoms with Crippen LogP contribution in [0.4, 0.5) is 5.69 Å². The van der Waals surface area contributed by atoms with Gasteiger partial charge >= 0.3 is 5.69 Å². The molecule has 2 rings (SSSR count). The molecule has 0 aliphatic heterocycles. The number of hydrogen-bond donors (Lipinski definition) is 1. The molecule has 0 heterocycles. The summed E-state index contributed by atoms with van der Waals surface area (Å²) >= 11 is 5.86. The Labute approximate surface area is 114 Å². The second-order valence-electron chi connectivity index (χ2n) is 3.80. The molecule has 0 amide bonds. The average Bonchev–Trinajstić information content (AvgIpc) is 2.38. The highest BCUT2D eigenvalue weighted by atomic mass is 35.5. The molecule has 0 aromatic heterocycles. The van der Waals surface area contributed by atoms with Crippen LogP contribution in [0.1, 0.15) is 5.56 Å². The largest absolute Gasteiger partial charge is 0.502 e. The molecule has 0 atom stereocenters. The molecule has 0 spiro atoms. The van der Waals surface area contributed by atoms with Crippen LogP contribution in [0, 0.1) is 10.1 Å². The van der Waals surface area contributed by atoms with Crippen molar-refractivity contribution < 1.29 is 14.8 Å². The van der Waals surface area contributed by atoms with E-state index in [0.717, 1.165) is 17.7 Å². The van der Waals surface area contributed by atoms with E-state index >= 15 is 0 Å². The number of benzene rings is 2. The van der Waals surface area contributed by atoms with Gasteiger partial charge in [0, 0.05) is 6.07 Å². The molecule has 2 aromatic carbocycles. The Morgan fingerprint density at radius 1 is 1.26 bits per heavy atom. The van der Waals surface area contributed by atoms with E-state index in [1.807, 2.05) is 30.3 Å². The van der Waals surface area contributed by atoms with E-state index in [2.05, 4.69) is 0 Å². The fraction of sp³-hybridized carbons (Fsp3) is 0.0769. The van der Waals surface area contributed by atoms with E-state index in [1.165, 1.54) is 0 Å². The summed E-state index contributed by atoms with van der Waals surface area (Å²) in [5.41, 5.74) is 0.474. The van der Waals surface area contributed by atoms with Gasteiger partial charge in [-0.2, -0.15) is 0 Å². The topological polar surface area (TPSA) is 72.6 Å². The van der Waals surface area contributed by atoms with E-state index in [-0.39, 0.29) is 17.4 Å². The lowest BCUT2D eigenvalue weighted by molar-refractivity contribution is -0.385. The van der Waals surface area contributed by atoms with Crippen molar-refractivity contribution in [1.82, 2.24) is 0 Å². The van der Waals surface area contributed by atoms with Gasteiger partial charge in [0.25, 0.3) is 0 Å². The highest BCUT2D eigenvalue weighted by Crippen LogP contribution is 2.36. The first-order valence-corrected chi connectivity index (χ1v) is 5.79. The van der Waals surface area contributed by atoms with Crippen LogP contribution < -0.4 is 4.74 Å². The van der Waals surface area contributed by atoms with E-state index in [1.54, 1.807) is 0 Å². The van der Waals surface area contributed by atoms with E-state index in [0.29, 0.717) is 0 Å². The van der Waals surface area contributed by atoms with Crippen LogP contribution in [0.15, 0.2) is 42.5 Å². The maximum absolute atomic E-state index is 10.7. The quantitative estimate of drug-likeness (QED) is 0.686.